The Morgan fingerprint density at radius 2 is 0.577 bits per heavy atom. The highest BCUT2D eigenvalue weighted by Crippen LogP contribution is 2.21. The van der Waals surface area contributed by atoms with Gasteiger partial charge >= 0.3 is 11.9 Å². The van der Waals surface area contributed by atoms with Gasteiger partial charge in [-0.1, -0.05) is 182 Å². The van der Waals surface area contributed by atoms with Crippen molar-refractivity contribution in [1.82, 2.24) is 0 Å². The van der Waals surface area contributed by atoms with Crippen molar-refractivity contribution in [3.63, 3.8) is 0 Å². The van der Waals surface area contributed by atoms with Crippen LogP contribution in [0.4, 0.5) is 0 Å². The number of ether oxygens (including phenoxy) is 2. The van der Waals surface area contributed by atoms with E-state index in [1.807, 2.05) is 0 Å². The summed E-state index contributed by atoms with van der Waals surface area (Å²) in [6.45, 7) is 10.2. The number of Topliss-reactive ketones (excluding diaryl/α,β-unsaturated/α-hetero) is 1. The molecule has 0 aromatic carbocycles. The van der Waals surface area contributed by atoms with Gasteiger partial charge in [0.15, 0.2) is 0 Å². The minimum atomic E-state index is -0.0159. The second-order valence-electron chi connectivity index (χ2n) is 16.3. The van der Waals surface area contributed by atoms with E-state index in [2.05, 4.69) is 27.7 Å². The molecule has 0 amide bonds. The van der Waals surface area contributed by atoms with Crippen LogP contribution in [0.3, 0.4) is 0 Å². The maximum absolute atomic E-state index is 12.3. The van der Waals surface area contributed by atoms with Crippen molar-refractivity contribution >= 4 is 17.7 Å². The van der Waals surface area contributed by atoms with Crippen LogP contribution in [0.1, 0.15) is 259 Å². The zero-order valence-electron chi connectivity index (χ0n) is 35.6. The molecule has 0 N–H and O–H groups in total. The van der Waals surface area contributed by atoms with E-state index in [1.54, 1.807) is 0 Å². The Hall–Kier alpha value is -1.39. The molecule has 0 aromatic heterocycles. The van der Waals surface area contributed by atoms with Gasteiger partial charge in [0.05, 0.1) is 13.2 Å². The predicted octanol–water partition coefficient (Wildman–Crippen LogP) is 15.0. The van der Waals surface area contributed by atoms with Gasteiger partial charge in [-0.3, -0.25) is 14.4 Å². The maximum atomic E-state index is 12.3. The first-order chi connectivity index (χ1) is 25.5. The summed E-state index contributed by atoms with van der Waals surface area (Å²) in [4.78, 5) is 37.0. The summed E-state index contributed by atoms with van der Waals surface area (Å²) in [6.07, 6.45) is 40.5. The Kier molecular flexibility index (Phi) is 39.7. The largest absolute Gasteiger partial charge is 0.465 e. The van der Waals surface area contributed by atoms with Crippen molar-refractivity contribution in [2.75, 3.05) is 13.2 Å². The number of carbonyl (C=O) groups is 3. The van der Waals surface area contributed by atoms with Crippen LogP contribution in [0, 0.1) is 11.8 Å². The fourth-order valence-electron chi connectivity index (χ4n) is 7.35. The molecule has 0 aliphatic carbocycles. The highest BCUT2D eigenvalue weighted by molar-refractivity contribution is 5.78. The zero-order valence-corrected chi connectivity index (χ0v) is 35.6. The van der Waals surface area contributed by atoms with Gasteiger partial charge in [0.1, 0.15) is 5.78 Å². The van der Waals surface area contributed by atoms with E-state index in [0.717, 1.165) is 77.0 Å². The fraction of sp³-hybridized carbons (Fsp3) is 0.936. The van der Waals surface area contributed by atoms with E-state index in [4.69, 9.17) is 9.47 Å². The van der Waals surface area contributed by atoms with Gasteiger partial charge in [0, 0.05) is 25.7 Å². The van der Waals surface area contributed by atoms with Crippen LogP contribution in [0.15, 0.2) is 0 Å². The highest BCUT2D eigenvalue weighted by Gasteiger charge is 2.14. The molecule has 0 rings (SSSR count). The van der Waals surface area contributed by atoms with Gasteiger partial charge in [0.25, 0.3) is 0 Å². The van der Waals surface area contributed by atoms with E-state index in [0.29, 0.717) is 56.5 Å². The molecule has 0 aromatic rings. The molecule has 0 atom stereocenters. The molecule has 308 valence electrons. The van der Waals surface area contributed by atoms with Gasteiger partial charge in [-0.15, -0.1) is 0 Å². The molecule has 0 aliphatic heterocycles. The summed E-state index contributed by atoms with van der Waals surface area (Å²) in [6, 6.07) is 0. The van der Waals surface area contributed by atoms with E-state index >= 15 is 0 Å². The number of rotatable bonds is 42. The summed E-state index contributed by atoms with van der Waals surface area (Å²) in [5, 5.41) is 0. The van der Waals surface area contributed by atoms with Crippen LogP contribution in [0.5, 0.6) is 0 Å². The number of ketones is 1. The van der Waals surface area contributed by atoms with E-state index in [1.165, 1.54) is 128 Å². The van der Waals surface area contributed by atoms with Crippen LogP contribution in [-0.2, 0) is 23.9 Å². The molecule has 0 heterocycles. The summed E-state index contributed by atoms with van der Waals surface area (Å²) in [5.74, 6) is 1.45. The number of carbonyl (C=O) groups excluding carboxylic acids is 3. The molecular formula is C47H90O5. The average Bonchev–Trinajstić information content (AvgIpc) is 3.14. The lowest BCUT2D eigenvalue weighted by Crippen LogP contribution is -2.14. The van der Waals surface area contributed by atoms with Crippen LogP contribution in [0.25, 0.3) is 0 Å². The zero-order chi connectivity index (χ0) is 38.2. The van der Waals surface area contributed by atoms with E-state index in [9.17, 15) is 14.4 Å². The molecule has 0 aliphatic rings. The Balaban J connectivity index is 3.76. The minimum absolute atomic E-state index is 0.0159. The molecule has 0 radical (unpaired) electrons. The van der Waals surface area contributed by atoms with Crippen LogP contribution >= 0.6 is 0 Å². The Morgan fingerprint density at radius 3 is 0.865 bits per heavy atom. The van der Waals surface area contributed by atoms with Crippen LogP contribution in [-0.4, -0.2) is 30.9 Å². The fourth-order valence-corrected chi connectivity index (χ4v) is 7.35. The molecule has 0 saturated heterocycles. The summed E-state index contributed by atoms with van der Waals surface area (Å²) >= 11 is 0. The normalized spacial score (nSPS) is 11.5. The Morgan fingerprint density at radius 1 is 0.327 bits per heavy atom. The van der Waals surface area contributed by atoms with E-state index in [-0.39, 0.29) is 11.9 Å². The third-order valence-corrected chi connectivity index (χ3v) is 11.0. The topological polar surface area (TPSA) is 69.7 Å². The average molecular weight is 735 g/mol. The Labute approximate surface area is 324 Å². The number of hydrogen-bond acceptors (Lipinski definition) is 5. The first kappa shape index (κ1) is 50.6. The number of unbranched alkanes of at least 4 members (excludes halogenated alkanes) is 22. The van der Waals surface area contributed by atoms with Gasteiger partial charge in [-0.2, -0.15) is 0 Å². The molecule has 0 unspecified atom stereocenters. The minimum Gasteiger partial charge on any atom is -0.465 e. The van der Waals surface area contributed by atoms with Crippen LogP contribution < -0.4 is 0 Å². The molecular weight excluding hydrogens is 645 g/mol. The van der Waals surface area contributed by atoms with Gasteiger partial charge in [0.2, 0.25) is 0 Å². The smallest absolute Gasteiger partial charge is 0.305 e. The third-order valence-electron chi connectivity index (χ3n) is 11.0. The second-order valence-corrected chi connectivity index (χ2v) is 16.3. The SMILES string of the molecule is CCCCCCC(CCCCCC)COC(=O)CCCCCCCCC(=O)CCCCCCCCC(=O)OCC(CCCCCC)CCCCCC. The quantitative estimate of drug-likeness (QED) is 0.0461. The first-order valence-corrected chi connectivity index (χ1v) is 23.3. The first-order valence-electron chi connectivity index (χ1n) is 23.3. The summed E-state index contributed by atoms with van der Waals surface area (Å²) in [7, 11) is 0. The highest BCUT2D eigenvalue weighted by atomic mass is 16.5. The van der Waals surface area contributed by atoms with Crippen molar-refractivity contribution in [3.05, 3.63) is 0 Å². The second kappa shape index (κ2) is 40.8. The molecule has 0 bridgehead atoms. The van der Waals surface area contributed by atoms with Gasteiger partial charge in [-0.05, 0) is 63.2 Å². The molecule has 0 saturated carbocycles. The monoisotopic (exact) mass is 735 g/mol. The lowest BCUT2D eigenvalue weighted by molar-refractivity contribution is -0.146. The molecule has 52 heavy (non-hydrogen) atoms. The Bertz CT molecular complexity index is 694. The number of esters is 2. The van der Waals surface area contributed by atoms with Crippen LogP contribution in [0.2, 0.25) is 0 Å². The standard InChI is InChI=1S/C47H90O5/c1-5-9-13-25-33-43(34-26-14-10-6-2)41-51-46(49)39-31-23-19-17-21-29-37-45(48)38-30-22-18-20-24-32-40-47(50)52-42-44(35-27-15-11-7-3)36-28-16-12-8-4/h43-44H,5-42H2,1-4H3. The molecule has 5 nitrogen and oxygen atoms in total. The van der Waals surface area contributed by atoms with Crippen molar-refractivity contribution in [1.29, 1.82) is 0 Å². The maximum Gasteiger partial charge on any atom is 0.305 e. The van der Waals surface area contributed by atoms with E-state index < -0.39 is 0 Å². The lowest BCUT2D eigenvalue weighted by Gasteiger charge is -2.17. The van der Waals surface area contributed by atoms with Crippen molar-refractivity contribution in [2.24, 2.45) is 11.8 Å². The van der Waals surface area contributed by atoms with Crippen molar-refractivity contribution < 1.29 is 23.9 Å². The summed E-state index contributed by atoms with van der Waals surface area (Å²) < 4.78 is 11.4. The number of hydrogen-bond donors (Lipinski definition) is 0. The molecule has 0 fully saturated rings. The van der Waals surface area contributed by atoms with Gasteiger partial charge < -0.3 is 9.47 Å². The predicted molar refractivity (Wildman–Crippen MR) is 223 cm³/mol. The lowest BCUT2D eigenvalue weighted by atomic mass is 9.95. The van der Waals surface area contributed by atoms with Crippen molar-refractivity contribution in [2.45, 2.75) is 259 Å². The molecule has 0 spiro atoms. The third kappa shape index (κ3) is 36.9. The molecule has 5 heteroatoms. The van der Waals surface area contributed by atoms with Crippen molar-refractivity contribution in [3.8, 4) is 0 Å². The van der Waals surface area contributed by atoms with Gasteiger partial charge in [-0.25, -0.2) is 0 Å². The summed E-state index contributed by atoms with van der Waals surface area (Å²) in [5.41, 5.74) is 0.